The van der Waals surface area contributed by atoms with Crippen molar-refractivity contribution in [1.82, 2.24) is 20.1 Å². The van der Waals surface area contributed by atoms with Crippen LogP contribution in [-0.4, -0.2) is 47.5 Å². The predicted octanol–water partition coefficient (Wildman–Crippen LogP) is 4.55. The molecular formula is C29H35N5O4S. The summed E-state index contributed by atoms with van der Waals surface area (Å²) < 4.78 is 35.0. The van der Waals surface area contributed by atoms with E-state index >= 15 is 0 Å². The third-order valence-electron chi connectivity index (χ3n) is 6.50. The number of rotatable bonds is 12. The van der Waals surface area contributed by atoms with Crippen LogP contribution in [0.5, 0.6) is 5.75 Å². The zero-order valence-electron chi connectivity index (χ0n) is 22.6. The summed E-state index contributed by atoms with van der Waals surface area (Å²) in [6, 6.07) is 22.6. The van der Waals surface area contributed by atoms with E-state index in [0.717, 1.165) is 23.6 Å². The van der Waals surface area contributed by atoms with Crippen molar-refractivity contribution < 1.29 is 18.3 Å². The van der Waals surface area contributed by atoms with E-state index in [1.165, 1.54) is 12.1 Å². The third kappa shape index (κ3) is 7.44. The zero-order chi connectivity index (χ0) is 28.0. The minimum atomic E-state index is -3.71. The highest BCUT2D eigenvalue weighted by Gasteiger charge is 2.21. The molecule has 0 spiro atoms. The molecule has 0 saturated carbocycles. The van der Waals surface area contributed by atoms with Crippen LogP contribution in [0.3, 0.4) is 0 Å². The number of hydrogen-bond donors (Lipinski definition) is 3. The molecular weight excluding hydrogens is 514 g/mol. The Hall–Kier alpha value is -3.73. The smallest absolute Gasteiger partial charge is 0.261 e. The molecule has 9 nitrogen and oxygen atoms in total. The molecule has 39 heavy (non-hydrogen) atoms. The fraction of sp³-hybridized carbons (Fsp3) is 0.310. The standard InChI is InChI=1S/C29H35N5O4S/c1-21-31-28(22-13-15-25(38-4)16-14-22)32-34(21)18-17-29(2,3)30-20-27(35)23-9-8-10-24(19-23)33-39(36,37)26-11-6-5-7-12-26/h5-16,19,27,30,33,35H,17-18,20H2,1-4H3/t27-/m0/s1. The molecule has 4 rings (SSSR count). The first-order chi connectivity index (χ1) is 18.6. The Morgan fingerprint density at radius 3 is 2.44 bits per heavy atom. The number of aromatic nitrogens is 3. The molecule has 3 N–H and O–H groups in total. The van der Waals surface area contributed by atoms with Gasteiger partial charge in [-0.2, -0.15) is 5.10 Å². The van der Waals surface area contributed by atoms with Crippen LogP contribution in [0.25, 0.3) is 11.4 Å². The van der Waals surface area contributed by atoms with Gasteiger partial charge in [-0.25, -0.2) is 18.1 Å². The number of nitrogens with one attached hydrogen (secondary N) is 2. The van der Waals surface area contributed by atoms with Crippen molar-refractivity contribution in [2.24, 2.45) is 0 Å². The predicted molar refractivity (Wildman–Crippen MR) is 152 cm³/mol. The molecule has 0 aliphatic heterocycles. The molecule has 3 aromatic carbocycles. The molecule has 0 bridgehead atoms. The number of β-amino-alcohol motifs (C(OH)–C–C–N with tert-alkyl or cyclic N) is 1. The Labute approximate surface area is 229 Å². The van der Waals surface area contributed by atoms with E-state index in [2.05, 4.69) is 34.0 Å². The lowest BCUT2D eigenvalue weighted by Crippen LogP contribution is -2.42. The quantitative estimate of drug-likeness (QED) is 0.237. The fourth-order valence-electron chi connectivity index (χ4n) is 4.08. The molecule has 0 amide bonds. The summed E-state index contributed by atoms with van der Waals surface area (Å²) in [5.74, 6) is 2.27. The normalized spacial score (nSPS) is 12.7. The van der Waals surface area contributed by atoms with Crippen LogP contribution in [0, 0.1) is 6.92 Å². The van der Waals surface area contributed by atoms with E-state index in [-0.39, 0.29) is 10.4 Å². The number of sulfonamides is 1. The molecule has 1 atom stereocenters. The van der Waals surface area contributed by atoms with Gasteiger partial charge in [0.05, 0.1) is 18.1 Å². The monoisotopic (exact) mass is 549 g/mol. The summed E-state index contributed by atoms with van der Waals surface area (Å²) in [7, 11) is -2.08. The Morgan fingerprint density at radius 2 is 1.74 bits per heavy atom. The van der Waals surface area contributed by atoms with Crippen molar-refractivity contribution in [3.8, 4) is 17.1 Å². The SMILES string of the molecule is COc1ccc(-c2nc(C)n(CCC(C)(C)NC[C@H](O)c3cccc(NS(=O)(=O)c4ccccc4)c3)n2)cc1. The van der Waals surface area contributed by atoms with Crippen LogP contribution < -0.4 is 14.8 Å². The largest absolute Gasteiger partial charge is 0.497 e. The first-order valence-electron chi connectivity index (χ1n) is 12.7. The minimum Gasteiger partial charge on any atom is -0.497 e. The summed E-state index contributed by atoms with van der Waals surface area (Å²) in [6.07, 6.45) is -0.0664. The highest BCUT2D eigenvalue weighted by molar-refractivity contribution is 7.92. The maximum atomic E-state index is 12.7. The molecule has 4 aromatic rings. The molecule has 0 aliphatic rings. The molecule has 0 saturated heterocycles. The number of ether oxygens (including phenoxy) is 1. The van der Waals surface area contributed by atoms with Crippen molar-refractivity contribution in [3.05, 3.63) is 90.3 Å². The summed E-state index contributed by atoms with van der Waals surface area (Å²) in [5.41, 5.74) is 1.63. The average Bonchev–Trinajstić information content (AvgIpc) is 3.31. The first kappa shape index (κ1) is 28.3. The highest BCUT2D eigenvalue weighted by atomic mass is 32.2. The zero-order valence-corrected chi connectivity index (χ0v) is 23.4. The van der Waals surface area contributed by atoms with E-state index in [1.807, 2.05) is 35.9 Å². The van der Waals surface area contributed by atoms with Crippen LogP contribution in [0.2, 0.25) is 0 Å². The average molecular weight is 550 g/mol. The second kappa shape index (κ2) is 12.0. The molecule has 0 fully saturated rings. The molecule has 1 aromatic heterocycles. The number of anilines is 1. The summed E-state index contributed by atoms with van der Waals surface area (Å²) in [5, 5.41) is 18.9. The van der Waals surface area contributed by atoms with Crippen LogP contribution in [0.1, 0.15) is 37.8 Å². The van der Waals surface area contributed by atoms with Crippen molar-refractivity contribution in [2.75, 3.05) is 18.4 Å². The number of aliphatic hydroxyl groups is 1. The molecule has 10 heteroatoms. The molecule has 206 valence electrons. The maximum Gasteiger partial charge on any atom is 0.261 e. The van der Waals surface area contributed by atoms with E-state index in [1.54, 1.807) is 49.6 Å². The van der Waals surface area contributed by atoms with Crippen molar-refractivity contribution in [1.29, 1.82) is 0 Å². The van der Waals surface area contributed by atoms with E-state index < -0.39 is 16.1 Å². The van der Waals surface area contributed by atoms with Gasteiger partial charge in [-0.05, 0) is 81.3 Å². The van der Waals surface area contributed by atoms with Gasteiger partial charge in [0, 0.05) is 29.9 Å². The maximum absolute atomic E-state index is 12.7. The topological polar surface area (TPSA) is 118 Å². The number of benzene rings is 3. The number of aliphatic hydroxyl groups excluding tert-OH is 1. The molecule has 0 aliphatic carbocycles. The van der Waals surface area contributed by atoms with Crippen molar-refractivity contribution in [2.45, 2.75) is 50.3 Å². The first-order valence-corrected chi connectivity index (χ1v) is 14.2. The van der Waals surface area contributed by atoms with Gasteiger partial charge in [0.2, 0.25) is 0 Å². The Morgan fingerprint density at radius 1 is 1.03 bits per heavy atom. The Balaban J connectivity index is 1.33. The summed E-state index contributed by atoms with van der Waals surface area (Å²) in [4.78, 5) is 4.78. The van der Waals surface area contributed by atoms with Gasteiger partial charge >= 0.3 is 0 Å². The minimum absolute atomic E-state index is 0.179. The Bertz CT molecular complexity index is 1490. The van der Waals surface area contributed by atoms with Crippen molar-refractivity contribution in [3.63, 3.8) is 0 Å². The lowest BCUT2D eigenvalue weighted by atomic mass is 9.99. The van der Waals surface area contributed by atoms with Gasteiger partial charge in [0.1, 0.15) is 11.6 Å². The number of aryl methyl sites for hydroxylation is 2. The lowest BCUT2D eigenvalue weighted by Gasteiger charge is -2.28. The van der Waals surface area contributed by atoms with E-state index in [9.17, 15) is 13.5 Å². The lowest BCUT2D eigenvalue weighted by molar-refractivity contribution is 0.158. The highest BCUT2D eigenvalue weighted by Crippen LogP contribution is 2.23. The second-order valence-corrected chi connectivity index (χ2v) is 11.7. The van der Waals surface area contributed by atoms with Gasteiger partial charge in [0.25, 0.3) is 10.0 Å². The van der Waals surface area contributed by atoms with E-state index in [4.69, 9.17) is 4.74 Å². The van der Waals surface area contributed by atoms with Crippen molar-refractivity contribution >= 4 is 15.7 Å². The molecule has 1 heterocycles. The summed E-state index contributed by atoms with van der Waals surface area (Å²) in [6.45, 7) is 7.03. The van der Waals surface area contributed by atoms with Gasteiger partial charge in [0.15, 0.2) is 5.82 Å². The second-order valence-electron chi connectivity index (χ2n) is 10.0. The van der Waals surface area contributed by atoms with Crippen LogP contribution in [-0.2, 0) is 16.6 Å². The van der Waals surface area contributed by atoms with Crippen LogP contribution in [0.15, 0.2) is 83.8 Å². The van der Waals surface area contributed by atoms with E-state index in [0.29, 0.717) is 30.2 Å². The molecule has 0 radical (unpaired) electrons. The fourth-order valence-corrected chi connectivity index (χ4v) is 5.15. The molecule has 0 unspecified atom stereocenters. The number of nitrogens with zero attached hydrogens (tertiary/aromatic N) is 3. The van der Waals surface area contributed by atoms with Crippen LogP contribution in [0.4, 0.5) is 5.69 Å². The van der Waals surface area contributed by atoms with Gasteiger partial charge in [-0.3, -0.25) is 4.72 Å². The van der Waals surface area contributed by atoms with Gasteiger partial charge in [-0.15, -0.1) is 0 Å². The third-order valence-corrected chi connectivity index (χ3v) is 7.90. The Kier molecular flexibility index (Phi) is 8.69. The van der Waals surface area contributed by atoms with Gasteiger partial charge in [-0.1, -0.05) is 30.3 Å². The number of hydrogen-bond acceptors (Lipinski definition) is 7. The summed E-state index contributed by atoms with van der Waals surface area (Å²) >= 11 is 0. The number of methoxy groups -OCH3 is 1. The van der Waals surface area contributed by atoms with Gasteiger partial charge < -0.3 is 15.2 Å². The van der Waals surface area contributed by atoms with Crippen LogP contribution >= 0.6 is 0 Å².